The fraction of sp³-hybridized carbons (Fsp3) is 0.355. The third-order valence-corrected chi connectivity index (χ3v) is 8.12. The molecule has 4 aromatic rings. The first-order chi connectivity index (χ1) is 18.1. The van der Waals surface area contributed by atoms with E-state index in [9.17, 15) is 4.79 Å². The van der Waals surface area contributed by atoms with Crippen LogP contribution in [-0.4, -0.2) is 36.3 Å². The molecule has 0 spiro atoms. The second kappa shape index (κ2) is 9.25. The van der Waals surface area contributed by atoms with Gasteiger partial charge in [0.25, 0.3) is 0 Å². The van der Waals surface area contributed by atoms with Gasteiger partial charge in [-0.3, -0.25) is 4.98 Å². The van der Waals surface area contributed by atoms with Gasteiger partial charge in [-0.1, -0.05) is 31.0 Å². The van der Waals surface area contributed by atoms with Crippen molar-refractivity contribution in [1.29, 1.82) is 0 Å². The van der Waals surface area contributed by atoms with Gasteiger partial charge < -0.3 is 18.8 Å². The molecule has 0 amide bonds. The van der Waals surface area contributed by atoms with Crippen LogP contribution in [0.2, 0.25) is 0 Å². The standard InChI is InChI=1S/C31H32N2O4/c1-5-37-31(34)29-28(21-14-15-32-24-12-8-6-10-19(21)24)18(2)33-25-13-9-7-11-20(25)22-16-26(35-3)27(36-4)17-23(22)30(29)33/h6,8,10,12,14-17,20,25H,5,7,9,11,13H2,1-4H3/t20-,25-/m1/s1. The second-order valence-corrected chi connectivity index (χ2v) is 9.90. The lowest BCUT2D eigenvalue weighted by Gasteiger charge is -2.40. The molecule has 2 aromatic heterocycles. The van der Waals surface area contributed by atoms with E-state index < -0.39 is 0 Å². The molecule has 2 atom stereocenters. The van der Waals surface area contributed by atoms with Crippen molar-refractivity contribution in [1.82, 2.24) is 9.55 Å². The molecule has 2 aromatic carbocycles. The number of para-hydroxylation sites is 1. The number of hydrogen-bond acceptors (Lipinski definition) is 5. The van der Waals surface area contributed by atoms with Crippen LogP contribution in [0.1, 0.15) is 66.2 Å². The number of nitrogens with zero attached hydrogens (tertiary/aromatic N) is 2. The van der Waals surface area contributed by atoms with Crippen molar-refractivity contribution in [2.45, 2.75) is 51.5 Å². The first-order valence-electron chi connectivity index (χ1n) is 13.1. The highest BCUT2D eigenvalue weighted by Crippen LogP contribution is 2.56. The minimum Gasteiger partial charge on any atom is -0.493 e. The fourth-order valence-corrected chi connectivity index (χ4v) is 6.62. The van der Waals surface area contributed by atoms with Gasteiger partial charge in [-0.25, -0.2) is 4.79 Å². The van der Waals surface area contributed by atoms with E-state index in [0.29, 0.717) is 23.8 Å². The zero-order chi connectivity index (χ0) is 25.7. The minimum absolute atomic E-state index is 0.268. The lowest BCUT2D eigenvalue weighted by molar-refractivity contribution is 0.0528. The quantitative estimate of drug-likeness (QED) is 0.276. The first-order valence-corrected chi connectivity index (χ1v) is 13.1. The molecule has 1 aliphatic heterocycles. The van der Waals surface area contributed by atoms with E-state index in [1.807, 2.05) is 43.5 Å². The van der Waals surface area contributed by atoms with E-state index in [1.165, 1.54) is 18.4 Å². The number of aromatic nitrogens is 2. The highest BCUT2D eigenvalue weighted by Gasteiger charge is 2.41. The maximum Gasteiger partial charge on any atom is 0.340 e. The minimum atomic E-state index is -0.301. The maximum absolute atomic E-state index is 13.8. The van der Waals surface area contributed by atoms with Gasteiger partial charge in [-0.15, -0.1) is 0 Å². The Hall–Kier alpha value is -3.80. The predicted molar refractivity (Wildman–Crippen MR) is 145 cm³/mol. The molecule has 0 bridgehead atoms. The number of hydrogen-bond donors (Lipinski definition) is 0. The van der Waals surface area contributed by atoms with Gasteiger partial charge in [0.05, 0.1) is 37.6 Å². The van der Waals surface area contributed by atoms with Gasteiger partial charge in [0.15, 0.2) is 11.5 Å². The van der Waals surface area contributed by atoms with E-state index >= 15 is 0 Å². The number of ether oxygens (including phenoxy) is 3. The van der Waals surface area contributed by atoms with Gasteiger partial charge >= 0.3 is 5.97 Å². The predicted octanol–water partition coefficient (Wildman–Crippen LogP) is 7.08. The zero-order valence-electron chi connectivity index (χ0n) is 21.8. The summed E-state index contributed by atoms with van der Waals surface area (Å²) in [4.78, 5) is 18.4. The molecule has 3 heterocycles. The molecule has 6 nitrogen and oxygen atoms in total. The average Bonchev–Trinajstić information content (AvgIpc) is 3.25. The second-order valence-electron chi connectivity index (χ2n) is 9.90. The Bertz CT molecular complexity index is 1510. The number of carbonyl (C=O) groups excluding carboxylic acids is 1. The van der Waals surface area contributed by atoms with Crippen molar-refractivity contribution in [2.75, 3.05) is 20.8 Å². The summed E-state index contributed by atoms with van der Waals surface area (Å²) >= 11 is 0. The molecule has 190 valence electrons. The normalized spacial score (nSPS) is 18.1. The zero-order valence-corrected chi connectivity index (χ0v) is 21.8. The summed E-state index contributed by atoms with van der Waals surface area (Å²) in [5, 5.41) is 1.02. The van der Waals surface area contributed by atoms with Crippen molar-refractivity contribution in [3.63, 3.8) is 0 Å². The molecule has 0 unspecified atom stereocenters. The Morgan fingerprint density at radius 3 is 2.57 bits per heavy atom. The molecular weight excluding hydrogens is 464 g/mol. The lowest BCUT2D eigenvalue weighted by Crippen LogP contribution is -2.28. The molecule has 0 radical (unpaired) electrons. The van der Waals surface area contributed by atoms with Crippen molar-refractivity contribution >= 4 is 16.9 Å². The molecule has 6 heteroatoms. The molecule has 1 fully saturated rings. The summed E-state index contributed by atoms with van der Waals surface area (Å²) in [6, 6.07) is 14.6. The number of fused-ring (bicyclic) bond motifs is 7. The summed E-state index contributed by atoms with van der Waals surface area (Å²) in [5.74, 6) is 1.43. The van der Waals surface area contributed by atoms with Gasteiger partial charge in [-0.05, 0) is 62.1 Å². The maximum atomic E-state index is 13.8. The molecule has 0 N–H and O–H groups in total. The van der Waals surface area contributed by atoms with Crippen LogP contribution < -0.4 is 9.47 Å². The highest BCUT2D eigenvalue weighted by atomic mass is 16.5. The number of benzene rings is 2. The van der Waals surface area contributed by atoms with E-state index in [2.05, 4.69) is 28.6 Å². The van der Waals surface area contributed by atoms with E-state index in [4.69, 9.17) is 14.2 Å². The Kier molecular flexibility index (Phi) is 5.90. The Labute approximate surface area is 217 Å². The van der Waals surface area contributed by atoms with Crippen LogP contribution in [0.15, 0.2) is 48.7 Å². The number of pyridine rings is 1. The van der Waals surface area contributed by atoms with Crippen LogP contribution in [0.3, 0.4) is 0 Å². The largest absolute Gasteiger partial charge is 0.493 e. The molecular formula is C31H32N2O4. The Balaban J connectivity index is 1.74. The molecule has 1 aliphatic carbocycles. The van der Waals surface area contributed by atoms with E-state index in [1.54, 1.807) is 14.2 Å². The van der Waals surface area contributed by atoms with Crippen molar-refractivity contribution in [3.05, 3.63) is 65.5 Å². The van der Waals surface area contributed by atoms with Crippen molar-refractivity contribution in [2.24, 2.45) is 0 Å². The third kappa shape index (κ3) is 3.53. The molecule has 6 rings (SSSR count). The third-order valence-electron chi connectivity index (χ3n) is 8.12. The molecule has 37 heavy (non-hydrogen) atoms. The monoisotopic (exact) mass is 496 g/mol. The van der Waals surface area contributed by atoms with Crippen LogP contribution in [0.5, 0.6) is 11.5 Å². The van der Waals surface area contributed by atoms with Crippen LogP contribution in [0, 0.1) is 6.92 Å². The Morgan fingerprint density at radius 2 is 1.78 bits per heavy atom. The summed E-state index contributed by atoms with van der Waals surface area (Å²) in [5.41, 5.74) is 7.72. The first kappa shape index (κ1) is 23.6. The van der Waals surface area contributed by atoms with Crippen molar-refractivity contribution < 1.29 is 19.0 Å². The molecule has 1 saturated carbocycles. The highest BCUT2D eigenvalue weighted by molar-refractivity contribution is 6.09. The van der Waals surface area contributed by atoms with Gasteiger partial charge in [0, 0.05) is 40.4 Å². The summed E-state index contributed by atoms with van der Waals surface area (Å²) in [6.07, 6.45) is 6.36. The van der Waals surface area contributed by atoms with E-state index in [0.717, 1.165) is 57.6 Å². The van der Waals surface area contributed by atoms with Crippen molar-refractivity contribution in [3.8, 4) is 33.9 Å². The number of rotatable bonds is 5. The lowest BCUT2D eigenvalue weighted by atomic mass is 9.75. The smallest absolute Gasteiger partial charge is 0.340 e. The summed E-state index contributed by atoms with van der Waals surface area (Å²) in [6.45, 7) is 4.31. The van der Waals surface area contributed by atoms with Crippen LogP contribution in [-0.2, 0) is 4.74 Å². The van der Waals surface area contributed by atoms with E-state index in [-0.39, 0.29) is 12.0 Å². The van der Waals surface area contributed by atoms with Gasteiger partial charge in [-0.2, -0.15) is 0 Å². The Morgan fingerprint density at radius 1 is 1.03 bits per heavy atom. The molecule has 0 saturated heterocycles. The number of methoxy groups -OCH3 is 2. The number of carbonyl (C=O) groups is 1. The summed E-state index contributed by atoms with van der Waals surface area (Å²) in [7, 11) is 3.33. The van der Waals surface area contributed by atoms with Crippen LogP contribution >= 0.6 is 0 Å². The van der Waals surface area contributed by atoms with Crippen LogP contribution in [0.25, 0.3) is 33.3 Å². The van der Waals surface area contributed by atoms with Gasteiger partial charge in [0.1, 0.15) is 0 Å². The molecule has 2 aliphatic rings. The number of esters is 1. The topological polar surface area (TPSA) is 62.6 Å². The SMILES string of the molecule is CCOC(=O)c1c(-c2ccnc3ccccc23)c(C)n2c1-c1cc(OC)c(OC)cc1[C@H]1CCCC[C@H]12. The fourth-order valence-electron chi connectivity index (χ4n) is 6.62. The summed E-state index contributed by atoms with van der Waals surface area (Å²) < 4.78 is 19.6. The van der Waals surface area contributed by atoms with Gasteiger partial charge in [0.2, 0.25) is 0 Å². The van der Waals surface area contributed by atoms with Crippen LogP contribution in [0.4, 0.5) is 0 Å². The average molecular weight is 497 g/mol.